The van der Waals surface area contributed by atoms with Gasteiger partial charge >= 0.3 is 0 Å². The number of hydrogen-bond donors (Lipinski definition) is 1. The zero-order valence-corrected chi connectivity index (χ0v) is 14.5. The standard InChI is InChI=1S/C17H17ClN6/c1-10(2)17-23-22-16(24(17)3)9-20-15-6-11(8-19)13-7-12(18)4-5-14(13)21-15/h4-7,10H,9H2,1-3H3,(H,20,21). The maximum atomic E-state index is 9.37. The average molecular weight is 341 g/mol. The number of nitrogens with one attached hydrogen (secondary N) is 1. The second-order valence-corrected chi connectivity index (χ2v) is 6.31. The number of hydrogen-bond acceptors (Lipinski definition) is 5. The van der Waals surface area contributed by atoms with Crippen LogP contribution in [0.1, 0.15) is 37.0 Å². The SMILES string of the molecule is CC(C)c1nnc(CNc2cc(C#N)c3cc(Cl)ccc3n2)n1C. The zero-order valence-electron chi connectivity index (χ0n) is 13.7. The van der Waals surface area contributed by atoms with Crippen LogP contribution in [0.25, 0.3) is 10.9 Å². The van der Waals surface area contributed by atoms with E-state index < -0.39 is 0 Å². The van der Waals surface area contributed by atoms with Crippen molar-refractivity contribution in [2.45, 2.75) is 26.3 Å². The van der Waals surface area contributed by atoms with E-state index in [1.54, 1.807) is 18.2 Å². The molecule has 2 heterocycles. The first-order chi connectivity index (χ1) is 11.5. The van der Waals surface area contributed by atoms with E-state index in [1.807, 2.05) is 17.7 Å². The van der Waals surface area contributed by atoms with Gasteiger partial charge in [0.1, 0.15) is 11.6 Å². The van der Waals surface area contributed by atoms with Crippen LogP contribution < -0.4 is 5.32 Å². The Kier molecular flexibility index (Phi) is 4.36. The van der Waals surface area contributed by atoms with Gasteiger partial charge in [-0.2, -0.15) is 5.26 Å². The molecule has 0 fully saturated rings. The van der Waals surface area contributed by atoms with E-state index >= 15 is 0 Å². The summed E-state index contributed by atoms with van der Waals surface area (Å²) in [6, 6.07) is 9.24. The highest BCUT2D eigenvalue weighted by Crippen LogP contribution is 2.24. The van der Waals surface area contributed by atoms with Gasteiger partial charge in [-0.25, -0.2) is 4.98 Å². The van der Waals surface area contributed by atoms with Gasteiger partial charge in [0.15, 0.2) is 5.82 Å². The number of nitriles is 1. The molecule has 0 spiro atoms. The zero-order chi connectivity index (χ0) is 17.3. The highest BCUT2D eigenvalue weighted by molar-refractivity contribution is 6.31. The summed E-state index contributed by atoms with van der Waals surface area (Å²) in [7, 11) is 1.95. The fourth-order valence-electron chi connectivity index (χ4n) is 2.58. The molecule has 0 saturated heterocycles. The molecule has 0 radical (unpaired) electrons. The lowest BCUT2D eigenvalue weighted by atomic mass is 10.1. The topological polar surface area (TPSA) is 79.4 Å². The van der Waals surface area contributed by atoms with Crippen LogP contribution in [0.15, 0.2) is 24.3 Å². The lowest BCUT2D eigenvalue weighted by molar-refractivity contribution is 0.692. The highest BCUT2D eigenvalue weighted by Gasteiger charge is 2.12. The number of aromatic nitrogens is 4. The van der Waals surface area contributed by atoms with Crippen molar-refractivity contribution < 1.29 is 0 Å². The summed E-state index contributed by atoms with van der Waals surface area (Å²) in [4.78, 5) is 4.53. The molecule has 0 atom stereocenters. The number of rotatable bonds is 4. The minimum Gasteiger partial charge on any atom is -0.363 e. The smallest absolute Gasteiger partial charge is 0.152 e. The maximum absolute atomic E-state index is 9.37. The van der Waals surface area contributed by atoms with E-state index in [0.717, 1.165) is 22.6 Å². The van der Waals surface area contributed by atoms with Gasteiger partial charge in [0.2, 0.25) is 0 Å². The summed E-state index contributed by atoms with van der Waals surface area (Å²) >= 11 is 6.00. The van der Waals surface area contributed by atoms with Gasteiger partial charge in [-0.15, -0.1) is 10.2 Å². The van der Waals surface area contributed by atoms with Gasteiger partial charge in [-0.3, -0.25) is 0 Å². The number of halogens is 1. The van der Waals surface area contributed by atoms with E-state index in [1.165, 1.54) is 0 Å². The van der Waals surface area contributed by atoms with E-state index in [2.05, 4.69) is 40.4 Å². The molecular weight excluding hydrogens is 324 g/mol. The molecule has 0 amide bonds. The van der Waals surface area contributed by atoms with Crippen LogP contribution in [0.4, 0.5) is 5.82 Å². The summed E-state index contributed by atoms with van der Waals surface area (Å²) in [5.74, 6) is 2.68. The minimum absolute atomic E-state index is 0.310. The normalized spacial score (nSPS) is 11.0. The van der Waals surface area contributed by atoms with Crippen molar-refractivity contribution in [3.8, 4) is 6.07 Å². The fraction of sp³-hybridized carbons (Fsp3) is 0.294. The Balaban J connectivity index is 1.88. The summed E-state index contributed by atoms with van der Waals surface area (Å²) in [5.41, 5.74) is 1.26. The molecule has 0 saturated carbocycles. The van der Waals surface area contributed by atoms with Crippen molar-refractivity contribution >= 4 is 28.3 Å². The van der Waals surface area contributed by atoms with Gasteiger partial charge in [0.25, 0.3) is 0 Å². The van der Waals surface area contributed by atoms with E-state index in [0.29, 0.717) is 28.9 Å². The number of nitrogens with zero attached hydrogens (tertiary/aromatic N) is 5. The van der Waals surface area contributed by atoms with Crippen molar-refractivity contribution in [3.05, 3.63) is 46.5 Å². The van der Waals surface area contributed by atoms with Crippen LogP contribution in [0.3, 0.4) is 0 Å². The molecule has 1 N–H and O–H groups in total. The average Bonchev–Trinajstić information content (AvgIpc) is 2.93. The Morgan fingerprint density at radius 1 is 1.29 bits per heavy atom. The van der Waals surface area contributed by atoms with Crippen LogP contribution in [-0.4, -0.2) is 19.7 Å². The summed E-state index contributed by atoms with van der Waals surface area (Å²) < 4.78 is 1.98. The van der Waals surface area contributed by atoms with Crippen molar-refractivity contribution in [2.24, 2.45) is 7.05 Å². The molecule has 0 aliphatic heterocycles. The summed E-state index contributed by atoms with van der Waals surface area (Å²) in [6.07, 6.45) is 0. The Morgan fingerprint density at radius 2 is 2.08 bits per heavy atom. The Morgan fingerprint density at radius 3 is 2.75 bits per heavy atom. The minimum atomic E-state index is 0.310. The van der Waals surface area contributed by atoms with Gasteiger partial charge in [0.05, 0.1) is 23.7 Å². The van der Waals surface area contributed by atoms with Crippen molar-refractivity contribution in [1.82, 2.24) is 19.7 Å². The lowest BCUT2D eigenvalue weighted by Crippen LogP contribution is -2.09. The van der Waals surface area contributed by atoms with Gasteiger partial charge in [-0.05, 0) is 24.3 Å². The Hall–Kier alpha value is -2.65. The molecule has 1 aromatic carbocycles. The second-order valence-electron chi connectivity index (χ2n) is 5.87. The van der Waals surface area contributed by atoms with Gasteiger partial charge in [-0.1, -0.05) is 25.4 Å². The molecular formula is C17H17ClN6. The molecule has 2 aromatic heterocycles. The van der Waals surface area contributed by atoms with E-state index in [4.69, 9.17) is 11.6 Å². The number of fused-ring (bicyclic) bond motifs is 1. The van der Waals surface area contributed by atoms with Crippen LogP contribution in [0.5, 0.6) is 0 Å². The largest absolute Gasteiger partial charge is 0.363 e. The van der Waals surface area contributed by atoms with E-state index in [-0.39, 0.29) is 0 Å². The predicted octanol–water partition coefficient (Wildman–Crippen LogP) is 3.62. The van der Waals surface area contributed by atoms with E-state index in [9.17, 15) is 5.26 Å². The molecule has 6 nitrogen and oxygen atoms in total. The number of pyridine rings is 1. The molecule has 0 bridgehead atoms. The predicted molar refractivity (Wildman–Crippen MR) is 93.9 cm³/mol. The molecule has 24 heavy (non-hydrogen) atoms. The quantitative estimate of drug-likeness (QED) is 0.784. The van der Waals surface area contributed by atoms with Crippen LogP contribution in [0, 0.1) is 11.3 Å². The van der Waals surface area contributed by atoms with Crippen LogP contribution >= 0.6 is 11.6 Å². The lowest BCUT2D eigenvalue weighted by Gasteiger charge is -2.09. The Labute approximate surface area is 145 Å². The molecule has 0 unspecified atom stereocenters. The summed E-state index contributed by atoms with van der Waals surface area (Å²) in [6.45, 7) is 4.64. The number of anilines is 1. The second kappa shape index (κ2) is 6.46. The van der Waals surface area contributed by atoms with Crippen molar-refractivity contribution in [3.63, 3.8) is 0 Å². The molecule has 3 rings (SSSR count). The molecule has 3 aromatic rings. The molecule has 0 aliphatic rings. The summed E-state index contributed by atoms with van der Waals surface area (Å²) in [5, 5.41) is 22.3. The number of benzene rings is 1. The van der Waals surface area contributed by atoms with Crippen LogP contribution in [0.2, 0.25) is 5.02 Å². The van der Waals surface area contributed by atoms with Gasteiger partial charge in [0, 0.05) is 23.4 Å². The third-order valence-electron chi connectivity index (χ3n) is 3.83. The van der Waals surface area contributed by atoms with Crippen molar-refractivity contribution in [1.29, 1.82) is 5.26 Å². The monoisotopic (exact) mass is 340 g/mol. The molecule has 0 aliphatic carbocycles. The molecule has 7 heteroatoms. The third-order valence-corrected chi connectivity index (χ3v) is 4.07. The molecule has 122 valence electrons. The Bertz CT molecular complexity index is 938. The van der Waals surface area contributed by atoms with Crippen LogP contribution in [-0.2, 0) is 13.6 Å². The first-order valence-corrected chi connectivity index (χ1v) is 8.00. The maximum Gasteiger partial charge on any atom is 0.152 e. The van der Waals surface area contributed by atoms with Crippen molar-refractivity contribution in [2.75, 3.05) is 5.32 Å². The first-order valence-electron chi connectivity index (χ1n) is 7.62. The van der Waals surface area contributed by atoms with Gasteiger partial charge < -0.3 is 9.88 Å². The fourth-order valence-corrected chi connectivity index (χ4v) is 2.75. The highest BCUT2D eigenvalue weighted by atomic mass is 35.5. The first kappa shape index (κ1) is 16.2. The third kappa shape index (κ3) is 3.03.